The molecule has 0 aliphatic rings. The van der Waals surface area contributed by atoms with Crippen LogP contribution in [0.5, 0.6) is 0 Å². The van der Waals surface area contributed by atoms with E-state index in [-0.39, 0.29) is 11.9 Å². The summed E-state index contributed by atoms with van der Waals surface area (Å²) in [6, 6.07) is 5.32. The highest BCUT2D eigenvalue weighted by Crippen LogP contribution is 2.26. The first kappa shape index (κ1) is 16.7. The molecule has 0 saturated heterocycles. The Hall–Kier alpha value is -1.66. The van der Waals surface area contributed by atoms with E-state index < -0.39 is 0 Å². The van der Waals surface area contributed by atoms with Gasteiger partial charge < -0.3 is 9.64 Å². The van der Waals surface area contributed by atoms with E-state index in [1.54, 1.807) is 37.1 Å². The first-order valence-electron chi connectivity index (χ1n) is 6.98. The highest BCUT2D eigenvalue weighted by molar-refractivity contribution is 7.22. The number of rotatable bonds is 6. The smallest absolute Gasteiger partial charge is 0.305 e. The topological polar surface area (TPSA) is 59.5 Å². The van der Waals surface area contributed by atoms with Crippen LogP contribution in [0.25, 0.3) is 10.2 Å². The monoisotopic (exact) mass is 340 g/mol. The summed E-state index contributed by atoms with van der Waals surface area (Å²) in [6.07, 6.45) is 0.894. The highest BCUT2D eigenvalue weighted by atomic mass is 35.5. The van der Waals surface area contributed by atoms with Crippen molar-refractivity contribution in [3.8, 4) is 0 Å². The lowest BCUT2D eigenvalue weighted by Gasteiger charge is -2.16. The molecule has 0 fully saturated rings. The zero-order valence-corrected chi connectivity index (χ0v) is 14.0. The Labute approximate surface area is 137 Å². The molecular weight excluding hydrogens is 324 g/mol. The molecule has 1 aromatic heterocycles. The van der Waals surface area contributed by atoms with Crippen LogP contribution in [0.1, 0.15) is 30.1 Å². The van der Waals surface area contributed by atoms with Crippen molar-refractivity contribution in [3.05, 3.63) is 28.2 Å². The van der Waals surface area contributed by atoms with Gasteiger partial charge in [-0.3, -0.25) is 9.59 Å². The van der Waals surface area contributed by atoms with Crippen LogP contribution >= 0.6 is 22.9 Å². The molecule has 2 aromatic rings. The van der Waals surface area contributed by atoms with Crippen molar-refractivity contribution in [2.24, 2.45) is 0 Å². The van der Waals surface area contributed by atoms with Crippen LogP contribution in [-0.2, 0) is 9.53 Å². The molecule has 1 heterocycles. The molecule has 1 amide bonds. The van der Waals surface area contributed by atoms with Gasteiger partial charge in [0.15, 0.2) is 4.47 Å². The van der Waals surface area contributed by atoms with Crippen molar-refractivity contribution in [1.29, 1.82) is 0 Å². The van der Waals surface area contributed by atoms with Gasteiger partial charge >= 0.3 is 5.97 Å². The van der Waals surface area contributed by atoms with Gasteiger partial charge in [-0.15, -0.1) is 11.3 Å². The molecule has 5 nitrogen and oxygen atoms in total. The SMILES string of the molecule is CCOC(=O)CCCN(C)C(=O)c1ccc2nc(Cl)sc2c1. The van der Waals surface area contributed by atoms with E-state index in [0.29, 0.717) is 36.0 Å². The predicted molar refractivity (Wildman–Crippen MR) is 87.5 cm³/mol. The van der Waals surface area contributed by atoms with E-state index in [0.717, 1.165) is 10.2 Å². The molecule has 1 aromatic carbocycles. The molecule has 0 saturated carbocycles. The van der Waals surface area contributed by atoms with Crippen LogP contribution in [0, 0.1) is 0 Å². The van der Waals surface area contributed by atoms with Crippen LogP contribution < -0.4 is 0 Å². The Morgan fingerprint density at radius 3 is 2.91 bits per heavy atom. The molecule has 0 N–H and O–H groups in total. The van der Waals surface area contributed by atoms with Gasteiger partial charge in [0, 0.05) is 25.6 Å². The number of amides is 1. The number of nitrogens with zero attached hydrogens (tertiary/aromatic N) is 2. The number of carbonyl (C=O) groups excluding carboxylic acids is 2. The summed E-state index contributed by atoms with van der Waals surface area (Å²) < 4.78 is 6.20. The van der Waals surface area contributed by atoms with Crippen LogP contribution in [0.4, 0.5) is 0 Å². The molecule has 0 bridgehead atoms. The third kappa shape index (κ3) is 4.18. The van der Waals surface area contributed by atoms with Crippen molar-refractivity contribution in [2.75, 3.05) is 20.2 Å². The van der Waals surface area contributed by atoms with Crippen molar-refractivity contribution in [2.45, 2.75) is 19.8 Å². The number of aromatic nitrogens is 1. The van der Waals surface area contributed by atoms with Gasteiger partial charge in [-0.25, -0.2) is 4.98 Å². The molecule has 0 aliphatic heterocycles. The predicted octanol–water partition coefficient (Wildman–Crippen LogP) is 3.37. The number of ether oxygens (including phenoxy) is 1. The lowest BCUT2D eigenvalue weighted by molar-refractivity contribution is -0.143. The van der Waals surface area contributed by atoms with Gasteiger partial charge in [0.1, 0.15) is 0 Å². The van der Waals surface area contributed by atoms with Crippen LogP contribution in [0.15, 0.2) is 18.2 Å². The summed E-state index contributed by atoms with van der Waals surface area (Å²) in [6.45, 7) is 2.65. The second-order valence-corrected chi connectivity index (χ2v) is 6.40. The molecule has 0 atom stereocenters. The second kappa shape index (κ2) is 7.56. The Bertz CT molecular complexity index is 686. The van der Waals surface area contributed by atoms with Gasteiger partial charge in [0.05, 0.1) is 16.8 Å². The van der Waals surface area contributed by atoms with E-state index in [1.807, 2.05) is 0 Å². The third-order valence-corrected chi connectivity index (χ3v) is 4.26. The summed E-state index contributed by atoms with van der Waals surface area (Å²) in [7, 11) is 1.72. The Kier molecular flexibility index (Phi) is 5.74. The summed E-state index contributed by atoms with van der Waals surface area (Å²) in [5.41, 5.74) is 1.38. The average molecular weight is 341 g/mol. The zero-order valence-electron chi connectivity index (χ0n) is 12.5. The summed E-state index contributed by atoms with van der Waals surface area (Å²) in [5, 5.41) is 0. The van der Waals surface area contributed by atoms with Gasteiger partial charge in [-0.05, 0) is 31.5 Å². The normalized spacial score (nSPS) is 10.7. The summed E-state index contributed by atoms with van der Waals surface area (Å²) in [5.74, 6) is -0.320. The fourth-order valence-electron chi connectivity index (χ4n) is 2.05. The highest BCUT2D eigenvalue weighted by Gasteiger charge is 2.14. The number of benzene rings is 1. The quantitative estimate of drug-likeness (QED) is 0.756. The number of hydrogen-bond donors (Lipinski definition) is 0. The largest absolute Gasteiger partial charge is 0.466 e. The molecule has 7 heteroatoms. The van der Waals surface area contributed by atoms with E-state index in [4.69, 9.17) is 16.3 Å². The summed E-state index contributed by atoms with van der Waals surface area (Å²) >= 11 is 7.21. The molecule has 0 aliphatic carbocycles. The van der Waals surface area contributed by atoms with Crippen LogP contribution in [0.2, 0.25) is 4.47 Å². The first-order chi connectivity index (χ1) is 10.5. The van der Waals surface area contributed by atoms with Gasteiger partial charge in [-0.2, -0.15) is 0 Å². The molecule has 2 rings (SSSR count). The van der Waals surface area contributed by atoms with Crippen molar-refractivity contribution >= 4 is 45.0 Å². The second-order valence-electron chi connectivity index (χ2n) is 4.78. The number of hydrogen-bond acceptors (Lipinski definition) is 5. The minimum absolute atomic E-state index is 0.0877. The standard InChI is InChI=1S/C15H17ClN2O3S/c1-3-21-13(19)5-4-8-18(2)14(20)10-6-7-11-12(9-10)22-15(16)17-11/h6-7,9H,3-5,8H2,1-2H3. The third-order valence-electron chi connectivity index (χ3n) is 3.14. The first-order valence-corrected chi connectivity index (χ1v) is 8.18. The number of esters is 1. The zero-order chi connectivity index (χ0) is 16.1. The van der Waals surface area contributed by atoms with Gasteiger partial charge in [0.2, 0.25) is 0 Å². The maximum atomic E-state index is 12.4. The lowest BCUT2D eigenvalue weighted by atomic mass is 10.2. The summed E-state index contributed by atoms with van der Waals surface area (Å²) in [4.78, 5) is 29.4. The lowest BCUT2D eigenvalue weighted by Crippen LogP contribution is -2.28. The van der Waals surface area contributed by atoms with Crippen LogP contribution in [-0.4, -0.2) is 42.0 Å². The Balaban J connectivity index is 1.95. The molecule has 0 radical (unpaired) electrons. The van der Waals surface area contributed by atoms with Crippen molar-refractivity contribution in [3.63, 3.8) is 0 Å². The maximum absolute atomic E-state index is 12.4. The number of carbonyl (C=O) groups is 2. The number of thiazole rings is 1. The number of fused-ring (bicyclic) bond motifs is 1. The maximum Gasteiger partial charge on any atom is 0.305 e. The fourth-order valence-corrected chi connectivity index (χ4v) is 3.12. The van der Waals surface area contributed by atoms with E-state index in [2.05, 4.69) is 4.98 Å². The van der Waals surface area contributed by atoms with Crippen molar-refractivity contribution < 1.29 is 14.3 Å². The Morgan fingerprint density at radius 2 is 2.18 bits per heavy atom. The Morgan fingerprint density at radius 1 is 1.41 bits per heavy atom. The molecular formula is C15H17ClN2O3S. The van der Waals surface area contributed by atoms with E-state index in [9.17, 15) is 9.59 Å². The minimum Gasteiger partial charge on any atom is -0.466 e. The van der Waals surface area contributed by atoms with Gasteiger partial charge in [-0.1, -0.05) is 11.6 Å². The molecule has 0 unspecified atom stereocenters. The van der Waals surface area contributed by atoms with E-state index in [1.165, 1.54) is 11.3 Å². The minimum atomic E-state index is -0.232. The molecule has 0 spiro atoms. The van der Waals surface area contributed by atoms with E-state index >= 15 is 0 Å². The van der Waals surface area contributed by atoms with Gasteiger partial charge in [0.25, 0.3) is 5.91 Å². The molecule has 22 heavy (non-hydrogen) atoms. The molecule has 118 valence electrons. The van der Waals surface area contributed by atoms with Crippen molar-refractivity contribution in [1.82, 2.24) is 9.88 Å². The number of halogens is 1. The average Bonchev–Trinajstić information content (AvgIpc) is 2.85. The fraction of sp³-hybridized carbons (Fsp3) is 0.400. The van der Waals surface area contributed by atoms with Crippen LogP contribution in [0.3, 0.4) is 0 Å².